The third-order valence-corrected chi connectivity index (χ3v) is 5.24. The molecule has 0 bridgehead atoms. The number of carbonyl (C=O) groups excluding carboxylic acids is 1. The van der Waals surface area contributed by atoms with Gasteiger partial charge >= 0.3 is 0 Å². The number of nitro benzene ring substituents is 1. The maximum atomic E-state index is 12.1. The van der Waals surface area contributed by atoms with Crippen molar-refractivity contribution in [3.8, 4) is 5.75 Å². The molecule has 0 aromatic heterocycles. The molecule has 2 aromatic carbocycles. The van der Waals surface area contributed by atoms with Crippen molar-refractivity contribution >= 4 is 21.6 Å². The van der Waals surface area contributed by atoms with Gasteiger partial charge in [0.25, 0.3) is 11.6 Å². The van der Waals surface area contributed by atoms with Gasteiger partial charge in [0.1, 0.15) is 5.75 Å². The SMILES string of the molecule is CCc1ccc(OCC(=O)NCCNS(=O)(=O)c2cccc([N+](=O)[O-])c2)cc1. The Labute approximate surface area is 162 Å². The van der Waals surface area contributed by atoms with Gasteiger partial charge in [-0.05, 0) is 30.2 Å². The average molecular weight is 407 g/mol. The van der Waals surface area contributed by atoms with Crippen LogP contribution in [0.5, 0.6) is 5.75 Å². The molecule has 0 radical (unpaired) electrons. The molecule has 0 saturated heterocycles. The van der Waals surface area contributed by atoms with E-state index in [2.05, 4.69) is 10.0 Å². The highest BCUT2D eigenvalue weighted by atomic mass is 32.2. The first kappa shape index (κ1) is 21.3. The molecule has 0 aliphatic heterocycles. The quantitative estimate of drug-likeness (QED) is 0.350. The molecule has 0 heterocycles. The van der Waals surface area contributed by atoms with Crippen LogP contribution >= 0.6 is 0 Å². The van der Waals surface area contributed by atoms with E-state index in [4.69, 9.17) is 4.74 Å². The minimum Gasteiger partial charge on any atom is -0.484 e. The fourth-order valence-electron chi connectivity index (χ4n) is 2.26. The Morgan fingerprint density at radius 2 is 1.86 bits per heavy atom. The Kier molecular flexibility index (Phi) is 7.47. The Bertz CT molecular complexity index is 929. The normalized spacial score (nSPS) is 11.0. The summed E-state index contributed by atoms with van der Waals surface area (Å²) < 4.78 is 31.9. The maximum Gasteiger partial charge on any atom is 0.270 e. The molecule has 150 valence electrons. The molecule has 0 aliphatic carbocycles. The minimum atomic E-state index is -3.91. The summed E-state index contributed by atoms with van der Waals surface area (Å²) in [5.74, 6) is 0.174. The van der Waals surface area contributed by atoms with Gasteiger partial charge in [0.05, 0.1) is 9.82 Å². The third-order valence-electron chi connectivity index (χ3n) is 3.78. The highest BCUT2D eigenvalue weighted by molar-refractivity contribution is 7.89. The molecule has 0 saturated carbocycles. The van der Waals surface area contributed by atoms with Crippen molar-refractivity contribution in [1.29, 1.82) is 0 Å². The summed E-state index contributed by atoms with van der Waals surface area (Å²) in [5.41, 5.74) is 0.841. The van der Waals surface area contributed by atoms with E-state index in [1.165, 1.54) is 18.2 Å². The molecule has 2 aromatic rings. The lowest BCUT2D eigenvalue weighted by molar-refractivity contribution is -0.385. The topological polar surface area (TPSA) is 128 Å². The lowest BCUT2D eigenvalue weighted by atomic mass is 10.2. The standard InChI is InChI=1S/C18H21N3O6S/c1-2-14-6-8-16(9-7-14)27-13-18(22)19-10-11-20-28(25,26)17-5-3-4-15(12-17)21(23)24/h3-9,12,20H,2,10-11,13H2,1H3,(H,19,22). The van der Waals surface area contributed by atoms with Gasteiger partial charge in [-0.25, -0.2) is 13.1 Å². The second-order valence-electron chi connectivity index (χ2n) is 5.79. The Morgan fingerprint density at radius 1 is 1.14 bits per heavy atom. The van der Waals surface area contributed by atoms with Crippen molar-refractivity contribution in [3.05, 3.63) is 64.2 Å². The molecule has 9 nitrogen and oxygen atoms in total. The molecule has 0 aliphatic rings. The van der Waals surface area contributed by atoms with Gasteiger partial charge < -0.3 is 10.1 Å². The van der Waals surface area contributed by atoms with Gasteiger partial charge in [0, 0.05) is 25.2 Å². The van der Waals surface area contributed by atoms with E-state index in [1.54, 1.807) is 12.1 Å². The van der Waals surface area contributed by atoms with Crippen LogP contribution in [0.25, 0.3) is 0 Å². The molecule has 28 heavy (non-hydrogen) atoms. The fourth-order valence-corrected chi connectivity index (χ4v) is 3.33. The molecule has 10 heteroatoms. The van der Waals surface area contributed by atoms with Crippen LogP contribution in [0.2, 0.25) is 0 Å². The molecule has 0 unspecified atom stereocenters. The van der Waals surface area contributed by atoms with E-state index in [-0.39, 0.29) is 30.3 Å². The number of amides is 1. The monoisotopic (exact) mass is 407 g/mol. The van der Waals surface area contributed by atoms with Crippen LogP contribution in [-0.4, -0.2) is 38.9 Å². The number of nitrogens with zero attached hydrogens (tertiary/aromatic N) is 1. The molecule has 0 spiro atoms. The summed E-state index contributed by atoms with van der Waals surface area (Å²) in [6.45, 7) is 1.83. The maximum absolute atomic E-state index is 12.1. The van der Waals surface area contributed by atoms with E-state index >= 15 is 0 Å². The number of hydrogen-bond acceptors (Lipinski definition) is 6. The number of sulfonamides is 1. The first-order valence-electron chi connectivity index (χ1n) is 8.54. The number of hydrogen-bond donors (Lipinski definition) is 2. The summed E-state index contributed by atoms with van der Waals surface area (Å²) in [7, 11) is -3.91. The summed E-state index contributed by atoms with van der Waals surface area (Å²) >= 11 is 0. The summed E-state index contributed by atoms with van der Waals surface area (Å²) in [6, 6.07) is 12.1. The van der Waals surface area contributed by atoms with Crippen LogP contribution in [0.15, 0.2) is 53.4 Å². The molecule has 2 N–H and O–H groups in total. The summed E-state index contributed by atoms with van der Waals surface area (Å²) in [4.78, 5) is 21.6. The number of nitro groups is 1. The van der Waals surface area contributed by atoms with E-state index < -0.39 is 20.9 Å². The number of benzene rings is 2. The van der Waals surface area contributed by atoms with Crippen LogP contribution in [0.4, 0.5) is 5.69 Å². The van der Waals surface area contributed by atoms with Crippen LogP contribution in [-0.2, 0) is 21.2 Å². The molecule has 2 rings (SSSR count). The average Bonchev–Trinajstić information content (AvgIpc) is 2.70. The minimum absolute atomic E-state index is 0.0467. The van der Waals surface area contributed by atoms with Crippen LogP contribution in [0.3, 0.4) is 0 Å². The molecule has 1 amide bonds. The molecular weight excluding hydrogens is 386 g/mol. The number of rotatable bonds is 10. The Balaban J connectivity index is 1.75. The number of ether oxygens (including phenoxy) is 1. The van der Waals surface area contributed by atoms with Crippen LogP contribution in [0, 0.1) is 10.1 Å². The van der Waals surface area contributed by atoms with E-state index in [0.717, 1.165) is 18.1 Å². The van der Waals surface area contributed by atoms with Gasteiger partial charge in [-0.2, -0.15) is 0 Å². The lowest BCUT2D eigenvalue weighted by Gasteiger charge is -2.09. The van der Waals surface area contributed by atoms with Gasteiger partial charge in [0.2, 0.25) is 10.0 Å². The van der Waals surface area contributed by atoms with Crippen molar-refractivity contribution < 1.29 is 22.9 Å². The third kappa shape index (κ3) is 6.32. The predicted octanol–water partition coefficient (Wildman–Crippen LogP) is 1.63. The van der Waals surface area contributed by atoms with Gasteiger partial charge in [-0.15, -0.1) is 0 Å². The van der Waals surface area contributed by atoms with Crippen molar-refractivity contribution in [3.63, 3.8) is 0 Å². The van der Waals surface area contributed by atoms with Crippen molar-refractivity contribution in [2.24, 2.45) is 0 Å². The molecular formula is C18H21N3O6S. The van der Waals surface area contributed by atoms with Gasteiger partial charge in [-0.3, -0.25) is 14.9 Å². The fraction of sp³-hybridized carbons (Fsp3) is 0.278. The molecule has 0 atom stereocenters. The van der Waals surface area contributed by atoms with Gasteiger partial charge in [0.15, 0.2) is 6.61 Å². The first-order valence-corrected chi connectivity index (χ1v) is 10.0. The zero-order chi connectivity index (χ0) is 20.6. The molecule has 0 fully saturated rings. The van der Waals surface area contributed by atoms with E-state index in [1.807, 2.05) is 19.1 Å². The number of aryl methyl sites for hydroxylation is 1. The first-order chi connectivity index (χ1) is 13.3. The second-order valence-corrected chi connectivity index (χ2v) is 7.56. The zero-order valence-corrected chi connectivity index (χ0v) is 16.1. The number of carbonyl (C=O) groups is 1. The van der Waals surface area contributed by atoms with Gasteiger partial charge in [-0.1, -0.05) is 25.1 Å². The summed E-state index contributed by atoms with van der Waals surface area (Å²) in [5, 5.41) is 13.3. The Hall–Kier alpha value is -2.98. The van der Waals surface area contributed by atoms with Crippen LogP contribution in [0.1, 0.15) is 12.5 Å². The van der Waals surface area contributed by atoms with Crippen LogP contribution < -0.4 is 14.8 Å². The summed E-state index contributed by atoms with van der Waals surface area (Å²) in [6.07, 6.45) is 0.910. The predicted molar refractivity (Wildman–Crippen MR) is 103 cm³/mol. The number of nitrogens with one attached hydrogen (secondary N) is 2. The highest BCUT2D eigenvalue weighted by Gasteiger charge is 2.17. The number of non-ortho nitro benzene ring substituents is 1. The second kappa shape index (κ2) is 9.81. The van der Waals surface area contributed by atoms with Crippen molar-refractivity contribution in [2.75, 3.05) is 19.7 Å². The smallest absolute Gasteiger partial charge is 0.270 e. The van der Waals surface area contributed by atoms with E-state index in [9.17, 15) is 23.3 Å². The lowest BCUT2D eigenvalue weighted by Crippen LogP contribution is -2.36. The largest absolute Gasteiger partial charge is 0.484 e. The van der Waals surface area contributed by atoms with Crippen molar-refractivity contribution in [2.45, 2.75) is 18.2 Å². The zero-order valence-electron chi connectivity index (χ0n) is 15.3. The highest BCUT2D eigenvalue weighted by Crippen LogP contribution is 2.17. The Morgan fingerprint density at radius 3 is 2.50 bits per heavy atom. The van der Waals surface area contributed by atoms with Crippen molar-refractivity contribution in [1.82, 2.24) is 10.0 Å². The van der Waals surface area contributed by atoms with E-state index in [0.29, 0.717) is 5.75 Å².